The van der Waals surface area contributed by atoms with Gasteiger partial charge in [-0.2, -0.15) is 0 Å². The molecule has 2 rings (SSSR count). The number of anilines is 1. The minimum Gasteiger partial charge on any atom is -0.355 e. The summed E-state index contributed by atoms with van der Waals surface area (Å²) in [5.74, 6) is 1.34. The van der Waals surface area contributed by atoms with Crippen LogP contribution in [0.25, 0.3) is 0 Å². The zero-order valence-corrected chi connectivity index (χ0v) is 8.57. The minimum absolute atomic E-state index is 0.240. The highest BCUT2D eigenvalue weighted by atomic mass is 32.2. The van der Waals surface area contributed by atoms with E-state index in [1.807, 2.05) is 23.1 Å². The molecule has 0 aromatic carbocycles. The van der Waals surface area contributed by atoms with Crippen molar-refractivity contribution in [1.82, 2.24) is 4.98 Å². The SMILES string of the molecule is O=S1(=O)CCN(c2ccccn2)CC1. The lowest BCUT2D eigenvalue weighted by atomic mass is 10.4. The first-order valence-corrected chi connectivity index (χ1v) is 6.36. The predicted molar refractivity (Wildman–Crippen MR) is 55.1 cm³/mol. The van der Waals surface area contributed by atoms with Gasteiger partial charge in [-0.15, -0.1) is 0 Å². The summed E-state index contributed by atoms with van der Waals surface area (Å²) in [6.45, 7) is 1.11. The van der Waals surface area contributed by atoms with Crippen LogP contribution < -0.4 is 4.90 Å². The molecule has 1 saturated heterocycles. The Kier molecular flexibility index (Phi) is 2.41. The zero-order chi connectivity index (χ0) is 10.0. The molecule has 76 valence electrons. The fourth-order valence-electron chi connectivity index (χ4n) is 1.48. The second-order valence-corrected chi connectivity index (χ2v) is 5.63. The number of rotatable bonds is 1. The first kappa shape index (κ1) is 9.45. The Hall–Kier alpha value is -1.10. The van der Waals surface area contributed by atoms with Crippen molar-refractivity contribution in [1.29, 1.82) is 0 Å². The number of pyridine rings is 1. The van der Waals surface area contributed by atoms with Gasteiger partial charge in [-0.3, -0.25) is 0 Å². The molecule has 0 saturated carbocycles. The van der Waals surface area contributed by atoms with E-state index in [2.05, 4.69) is 4.98 Å². The molecule has 1 aromatic heterocycles. The molecule has 0 radical (unpaired) electrons. The second kappa shape index (κ2) is 3.57. The number of nitrogens with zero attached hydrogens (tertiary/aromatic N) is 2. The molecule has 1 fully saturated rings. The van der Waals surface area contributed by atoms with Crippen LogP contribution in [0.15, 0.2) is 24.4 Å². The first-order chi connectivity index (χ1) is 6.67. The van der Waals surface area contributed by atoms with E-state index in [1.165, 1.54) is 0 Å². The van der Waals surface area contributed by atoms with Crippen molar-refractivity contribution < 1.29 is 8.42 Å². The molecule has 0 N–H and O–H groups in total. The van der Waals surface area contributed by atoms with Gasteiger partial charge in [-0.25, -0.2) is 13.4 Å². The molecule has 1 aliphatic rings. The van der Waals surface area contributed by atoms with Crippen LogP contribution in [-0.2, 0) is 9.84 Å². The summed E-state index contributed by atoms with van der Waals surface area (Å²) >= 11 is 0. The maximum absolute atomic E-state index is 11.2. The van der Waals surface area contributed by atoms with E-state index in [0.29, 0.717) is 13.1 Å². The number of hydrogen-bond donors (Lipinski definition) is 0. The van der Waals surface area contributed by atoms with Crippen LogP contribution in [0.1, 0.15) is 0 Å². The van der Waals surface area contributed by atoms with E-state index in [4.69, 9.17) is 0 Å². The predicted octanol–water partition coefficient (Wildman–Crippen LogP) is 0.316. The van der Waals surface area contributed by atoms with Crippen LogP contribution in [0.3, 0.4) is 0 Å². The molecule has 5 heteroatoms. The number of aromatic nitrogens is 1. The highest BCUT2D eigenvalue weighted by molar-refractivity contribution is 7.91. The third-order valence-corrected chi connectivity index (χ3v) is 3.93. The van der Waals surface area contributed by atoms with Gasteiger partial charge in [-0.05, 0) is 12.1 Å². The molecule has 0 unspecified atom stereocenters. The van der Waals surface area contributed by atoms with Crippen molar-refractivity contribution in [3.63, 3.8) is 0 Å². The van der Waals surface area contributed by atoms with E-state index >= 15 is 0 Å². The molecule has 2 heterocycles. The van der Waals surface area contributed by atoms with Crippen LogP contribution in [0.2, 0.25) is 0 Å². The molecule has 4 nitrogen and oxygen atoms in total. The van der Waals surface area contributed by atoms with Gasteiger partial charge in [-0.1, -0.05) is 6.07 Å². The Bertz CT molecular complexity index is 388. The minimum atomic E-state index is -2.79. The van der Waals surface area contributed by atoms with Crippen molar-refractivity contribution in [2.24, 2.45) is 0 Å². The van der Waals surface area contributed by atoms with Crippen LogP contribution >= 0.6 is 0 Å². The normalized spacial score (nSPS) is 20.7. The van der Waals surface area contributed by atoms with Gasteiger partial charge in [0, 0.05) is 19.3 Å². The van der Waals surface area contributed by atoms with Crippen molar-refractivity contribution in [3.05, 3.63) is 24.4 Å². The van der Waals surface area contributed by atoms with Gasteiger partial charge in [0.15, 0.2) is 9.84 Å². The summed E-state index contributed by atoms with van der Waals surface area (Å²) in [7, 11) is -2.79. The highest BCUT2D eigenvalue weighted by Gasteiger charge is 2.21. The lowest BCUT2D eigenvalue weighted by molar-refractivity contribution is 0.586. The molecule has 0 spiro atoms. The summed E-state index contributed by atoms with van der Waals surface area (Å²) in [4.78, 5) is 6.18. The van der Waals surface area contributed by atoms with Gasteiger partial charge in [0.25, 0.3) is 0 Å². The largest absolute Gasteiger partial charge is 0.355 e. The zero-order valence-electron chi connectivity index (χ0n) is 7.76. The Morgan fingerprint density at radius 3 is 2.50 bits per heavy atom. The molecule has 0 amide bonds. The smallest absolute Gasteiger partial charge is 0.153 e. The third kappa shape index (κ3) is 2.04. The van der Waals surface area contributed by atoms with Crippen molar-refractivity contribution >= 4 is 15.7 Å². The quantitative estimate of drug-likeness (QED) is 0.672. The van der Waals surface area contributed by atoms with Crippen LogP contribution in [0, 0.1) is 0 Å². The molecule has 1 aromatic rings. The van der Waals surface area contributed by atoms with Gasteiger partial charge >= 0.3 is 0 Å². The van der Waals surface area contributed by atoms with Crippen molar-refractivity contribution in [2.45, 2.75) is 0 Å². The van der Waals surface area contributed by atoms with Crippen LogP contribution in [0.5, 0.6) is 0 Å². The fourth-order valence-corrected chi connectivity index (χ4v) is 2.68. The Balaban J connectivity index is 2.10. The molecular weight excluding hydrogens is 200 g/mol. The molecule has 1 aliphatic heterocycles. The first-order valence-electron chi connectivity index (χ1n) is 4.54. The van der Waals surface area contributed by atoms with E-state index in [1.54, 1.807) is 6.20 Å². The van der Waals surface area contributed by atoms with Crippen molar-refractivity contribution in [2.75, 3.05) is 29.5 Å². The summed E-state index contributed by atoms with van der Waals surface area (Å²) in [5.41, 5.74) is 0. The Morgan fingerprint density at radius 1 is 1.21 bits per heavy atom. The molecule has 14 heavy (non-hydrogen) atoms. The molecule has 0 aliphatic carbocycles. The average molecular weight is 212 g/mol. The second-order valence-electron chi connectivity index (χ2n) is 3.33. The average Bonchev–Trinajstić information content (AvgIpc) is 2.19. The molecule has 0 bridgehead atoms. The van der Waals surface area contributed by atoms with Gasteiger partial charge < -0.3 is 4.90 Å². The molecular formula is C9H12N2O2S. The monoisotopic (exact) mass is 212 g/mol. The lowest BCUT2D eigenvalue weighted by Crippen LogP contribution is -2.40. The lowest BCUT2D eigenvalue weighted by Gasteiger charge is -2.27. The maximum Gasteiger partial charge on any atom is 0.153 e. The summed E-state index contributed by atoms with van der Waals surface area (Å²) in [5, 5.41) is 0. The molecule has 0 atom stereocenters. The summed E-state index contributed by atoms with van der Waals surface area (Å²) in [6, 6.07) is 5.66. The standard InChI is InChI=1S/C9H12N2O2S/c12-14(13)7-5-11(6-8-14)9-3-1-2-4-10-9/h1-4H,5-8H2. The van der Waals surface area contributed by atoms with E-state index in [-0.39, 0.29) is 11.5 Å². The Morgan fingerprint density at radius 2 is 1.93 bits per heavy atom. The van der Waals surface area contributed by atoms with E-state index in [0.717, 1.165) is 5.82 Å². The van der Waals surface area contributed by atoms with E-state index in [9.17, 15) is 8.42 Å². The third-order valence-electron chi connectivity index (χ3n) is 2.32. The topological polar surface area (TPSA) is 50.3 Å². The number of sulfone groups is 1. The fraction of sp³-hybridized carbons (Fsp3) is 0.444. The van der Waals surface area contributed by atoms with Gasteiger partial charge in [0.1, 0.15) is 5.82 Å². The van der Waals surface area contributed by atoms with Gasteiger partial charge in [0.05, 0.1) is 11.5 Å². The van der Waals surface area contributed by atoms with E-state index < -0.39 is 9.84 Å². The maximum atomic E-state index is 11.2. The Labute approximate surface area is 83.5 Å². The van der Waals surface area contributed by atoms with Gasteiger partial charge in [0.2, 0.25) is 0 Å². The summed E-state index contributed by atoms with van der Waals surface area (Å²) in [6.07, 6.45) is 1.72. The highest BCUT2D eigenvalue weighted by Crippen LogP contribution is 2.12. The van der Waals surface area contributed by atoms with Crippen LogP contribution in [-0.4, -0.2) is 38.0 Å². The summed E-state index contributed by atoms with van der Waals surface area (Å²) < 4.78 is 22.4. The van der Waals surface area contributed by atoms with Crippen molar-refractivity contribution in [3.8, 4) is 0 Å². The number of hydrogen-bond acceptors (Lipinski definition) is 4. The van der Waals surface area contributed by atoms with Crippen LogP contribution in [0.4, 0.5) is 5.82 Å².